The van der Waals surface area contributed by atoms with Crippen molar-refractivity contribution in [3.63, 3.8) is 0 Å². The molecule has 1 saturated heterocycles. The molecule has 0 N–H and O–H groups in total. The zero-order valence-corrected chi connectivity index (χ0v) is 15.1. The van der Waals surface area contributed by atoms with E-state index >= 15 is 0 Å². The predicted molar refractivity (Wildman–Crippen MR) is 98.1 cm³/mol. The van der Waals surface area contributed by atoms with Crippen LogP contribution < -0.4 is 9.47 Å². The third-order valence-corrected chi connectivity index (χ3v) is 4.92. The lowest BCUT2D eigenvalue weighted by atomic mass is 9.99. The molecule has 0 aromatic heterocycles. The van der Waals surface area contributed by atoms with E-state index in [1.54, 1.807) is 14.2 Å². The van der Waals surface area contributed by atoms with Gasteiger partial charge >= 0.3 is 0 Å². The number of benzene rings is 2. The zero-order valence-electron chi connectivity index (χ0n) is 15.1. The minimum absolute atomic E-state index is 0.165. The number of methoxy groups -OCH3 is 2. The summed E-state index contributed by atoms with van der Waals surface area (Å²) in [4.78, 5) is 14.9. The number of rotatable bonds is 5. The monoisotopic (exact) mass is 339 g/mol. The Morgan fingerprint density at radius 2 is 1.88 bits per heavy atom. The van der Waals surface area contributed by atoms with Gasteiger partial charge in [0.2, 0.25) is 5.91 Å². The Hall–Kier alpha value is -2.49. The highest BCUT2D eigenvalue weighted by Gasteiger charge is 2.30. The normalized spacial score (nSPS) is 16.8. The molecule has 1 amide bonds. The van der Waals surface area contributed by atoms with Gasteiger partial charge in [-0.1, -0.05) is 30.3 Å². The summed E-state index contributed by atoms with van der Waals surface area (Å²) < 4.78 is 10.6. The summed E-state index contributed by atoms with van der Waals surface area (Å²) in [6.07, 6.45) is 2.46. The molecule has 4 nitrogen and oxygen atoms in total. The predicted octanol–water partition coefficient (Wildman–Crippen LogP) is 3.92. The number of carbonyl (C=O) groups is 1. The van der Waals surface area contributed by atoms with Crippen molar-refractivity contribution in [1.82, 2.24) is 4.90 Å². The van der Waals surface area contributed by atoms with E-state index in [0.29, 0.717) is 17.9 Å². The molecule has 1 aliphatic rings. The number of nitrogens with zero attached hydrogens (tertiary/aromatic N) is 1. The van der Waals surface area contributed by atoms with Crippen molar-refractivity contribution in [2.75, 3.05) is 20.8 Å². The van der Waals surface area contributed by atoms with E-state index in [2.05, 4.69) is 25.1 Å². The van der Waals surface area contributed by atoms with E-state index in [1.165, 1.54) is 11.1 Å². The smallest absolute Gasteiger partial charge is 0.227 e. The van der Waals surface area contributed by atoms with Crippen molar-refractivity contribution in [3.05, 3.63) is 59.2 Å². The van der Waals surface area contributed by atoms with Gasteiger partial charge in [-0.15, -0.1) is 0 Å². The Morgan fingerprint density at radius 1 is 1.12 bits per heavy atom. The summed E-state index contributed by atoms with van der Waals surface area (Å²) in [5.74, 6) is 1.50. The first-order valence-electron chi connectivity index (χ1n) is 8.70. The zero-order chi connectivity index (χ0) is 17.8. The standard InChI is InChI=1S/C21H25NO3/c1-15-7-4-5-8-17(15)18-9-6-12-22(18)21(23)14-16-10-11-19(24-2)20(13-16)25-3/h4-5,7-8,10-11,13,18H,6,9,12,14H2,1-3H3. The van der Waals surface area contributed by atoms with Gasteiger partial charge in [0.25, 0.3) is 0 Å². The summed E-state index contributed by atoms with van der Waals surface area (Å²) in [7, 11) is 3.22. The first-order valence-corrected chi connectivity index (χ1v) is 8.70. The number of hydrogen-bond donors (Lipinski definition) is 0. The van der Waals surface area contributed by atoms with E-state index in [1.807, 2.05) is 29.2 Å². The number of hydrogen-bond acceptors (Lipinski definition) is 3. The van der Waals surface area contributed by atoms with E-state index in [9.17, 15) is 4.79 Å². The molecule has 0 bridgehead atoms. The molecule has 0 radical (unpaired) electrons. The quantitative estimate of drug-likeness (QED) is 0.829. The summed E-state index contributed by atoms with van der Waals surface area (Å²) in [6, 6.07) is 14.2. The van der Waals surface area contributed by atoms with Gasteiger partial charge in [-0.2, -0.15) is 0 Å². The first-order chi connectivity index (χ1) is 12.1. The number of carbonyl (C=O) groups excluding carboxylic acids is 1. The average Bonchev–Trinajstić information content (AvgIpc) is 3.11. The lowest BCUT2D eigenvalue weighted by molar-refractivity contribution is -0.131. The number of amides is 1. The SMILES string of the molecule is COc1ccc(CC(=O)N2CCCC2c2ccccc2C)cc1OC. The van der Waals surface area contributed by atoms with E-state index in [0.717, 1.165) is 24.9 Å². The summed E-state index contributed by atoms with van der Waals surface area (Å²) in [5.41, 5.74) is 3.46. The fourth-order valence-corrected chi connectivity index (χ4v) is 3.62. The number of likely N-dealkylation sites (tertiary alicyclic amines) is 1. The lowest BCUT2D eigenvalue weighted by Gasteiger charge is -2.26. The molecular formula is C21H25NO3. The van der Waals surface area contributed by atoms with Crippen molar-refractivity contribution in [2.45, 2.75) is 32.2 Å². The van der Waals surface area contributed by atoms with Crippen molar-refractivity contribution in [3.8, 4) is 11.5 Å². The van der Waals surface area contributed by atoms with Crippen LogP contribution in [-0.2, 0) is 11.2 Å². The fraction of sp³-hybridized carbons (Fsp3) is 0.381. The van der Waals surface area contributed by atoms with Crippen LogP contribution in [0.15, 0.2) is 42.5 Å². The topological polar surface area (TPSA) is 38.8 Å². The van der Waals surface area contributed by atoms with Crippen LogP contribution in [0.1, 0.15) is 35.6 Å². The van der Waals surface area contributed by atoms with Gasteiger partial charge < -0.3 is 14.4 Å². The van der Waals surface area contributed by atoms with Gasteiger partial charge in [0.15, 0.2) is 11.5 Å². The molecule has 1 heterocycles. The van der Waals surface area contributed by atoms with Crippen LogP contribution >= 0.6 is 0 Å². The molecule has 3 rings (SSSR count). The molecule has 0 spiro atoms. The van der Waals surface area contributed by atoms with Crippen molar-refractivity contribution in [2.24, 2.45) is 0 Å². The molecule has 2 aromatic carbocycles. The highest BCUT2D eigenvalue weighted by Crippen LogP contribution is 2.34. The molecule has 1 fully saturated rings. The van der Waals surface area contributed by atoms with Gasteiger partial charge in [0, 0.05) is 6.54 Å². The third kappa shape index (κ3) is 3.63. The molecule has 1 aliphatic heterocycles. The Morgan fingerprint density at radius 3 is 2.60 bits per heavy atom. The Bertz CT molecular complexity index is 757. The van der Waals surface area contributed by atoms with Crippen LogP contribution in [0, 0.1) is 6.92 Å². The van der Waals surface area contributed by atoms with Crippen LogP contribution in [0.4, 0.5) is 0 Å². The molecule has 4 heteroatoms. The minimum atomic E-state index is 0.165. The second-order valence-corrected chi connectivity index (χ2v) is 6.47. The summed E-state index contributed by atoms with van der Waals surface area (Å²) in [5, 5.41) is 0. The van der Waals surface area contributed by atoms with Crippen LogP contribution in [0.3, 0.4) is 0 Å². The molecule has 1 unspecified atom stereocenters. The molecule has 2 aromatic rings. The Balaban J connectivity index is 1.77. The third-order valence-electron chi connectivity index (χ3n) is 4.92. The van der Waals surface area contributed by atoms with Gasteiger partial charge in [-0.3, -0.25) is 4.79 Å². The summed E-state index contributed by atoms with van der Waals surface area (Å²) >= 11 is 0. The van der Waals surface area contributed by atoms with Crippen LogP contribution in [-0.4, -0.2) is 31.6 Å². The summed E-state index contributed by atoms with van der Waals surface area (Å²) in [6.45, 7) is 2.94. The van der Waals surface area contributed by atoms with Crippen molar-refractivity contribution in [1.29, 1.82) is 0 Å². The van der Waals surface area contributed by atoms with Gasteiger partial charge in [-0.05, 0) is 48.6 Å². The second kappa shape index (κ2) is 7.60. The molecule has 132 valence electrons. The minimum Gasteiger partial charge on any atom is -0.493 e. The van der Waals surface area contributed by atoms with E-state index < -0.39 is 0 Å². The van der Waals surface area contributed by atoms with Crippen molar-refractivity contribution < 1.29 is 14.3 Å². The molecular weight excluding hydrogens is 314 g/mol. The van der Waals surface area contributed by atoms with E-state index in [4.69, 9.17) is 9.47 Å². The van der Waals surface area contributed by atoms with Gasteiger partial charge in [-0.25, -0.2) is 0 Å². The van der Waals surface area contributed by atoms with Crippen LogP contribution in [0.5, 0.6) is 11.5 Å². The Kier molecular flexibility index (Phi) is 5.27. The van der Waals surface area contributed by atoms with Gasteiger partial charge in [0.05, 0.1) is 26.7 Å². The van der Waals surface area contributed by atoms with Gasteiger partial charge in [0.1, 0.15) is 0 Å². The fourth-order valence-electron chi connectivity index (χ4n) is 3.62. The average molecular weight is 339 g/mol. The van der Waals surface area contributed by atoms with Crippen LogP contribution in [0.2, 0.25) is 0 Å². The lowest BCUT2D eigenvalue weighted by Crippen LogP contribution is -2.32. The maximum atomic E-state index is 12.9. The molecule has 0 aliphatic carbocycles. The first kappa shape index (κ1) is 17.3. The number of ether oxygens (including phenoxy) is 2. The maximum Gasteiger partial charge on any atom is 0.227 e. The Labute approximate surface area is 149 Å². The highest BCUT2D eigenvalue weighted by atomic mass is 16.5. The second-order valence-electron chi connectivity index (χ2n) is 6.47. The maximum absolute atomic E-state index is 12.9. The molecule has 0 saturated carbocycles. The molecule has 25 heavy (non-hydrogen) atoms. The van der Waals surface area contributed by atoms with Crippen LogP contribution in [0.25, 0.3) is 0 Å². The van der Waals surface area contributed by atoms with Crippen molar-refractivity contribution >= 4 is 5.91 Å². The number of aryl methyl sites for hydroxylation is 1. The highest BCUT2D eigenvalue weighted by molar-refractivity contribution is 5.80. The molecule has 1 atom stereocenters. The van der Waals surface area contributed by atoms with E-state index in [-0.39, 0.29) is 11.9 Å². The largest absolute Gasteiger partial charge is 0.493 e.